The van der Waals surface area contributed by atoms with Crippen LogP contribution in [0.3, 0.4) is 0 Å². The summed E-state index contributed by atoms with van der Waals surface area (Å²) in [6.07, 6.45) is 5.28. The number of nitrogens with one attached hydrogen (secondary N) is 2. The molecular formula is C22H30N2O4. The molecule has 2 aliphatic rings. The van der Waals surface area contributed by atoms with Crippen molar-refractivity contribution in [2.75, 3.05) is 18.5 Å². The highest BCUT2D eigenvalue weighted by Gasteiger charge is 2.40. The Hall–Kier alpha value is -2.37. The van der Waals surface area contributed by atoms with Gasteiger partial charge in [0.2, 0.25) is 0 Å². The molecule has 2 saturated carbocycles. The van der Waals surface area contributed by atoms with E-state index in [2.05, 4.69) is 10.6 Å². The molecule has 2 fully saturated rings. The predicted octanol–water partition coefficient (Wildman–Crippen LogP) is 3.38. The molecule has 0 aromatic heterocycles. The van der Waals surface area contributed by atoms with Crippen LogP contribution >= 0.6 is 0 Å². The summed E-state index contributed by atoms with van der Waals surface area (Å²) in [4.78, 5) is 36.6. The lowest BCUT2D eigenvalue weighted by molar-refractivity contribution is -0.148. The van der Waals surface area contributed by atoms with Crippen LogP contribution in [0.2, 0.25) is 0 Å². The van der Waals surface area contributed by atoms with E-state index in [0.29, 0.717) is 42.0 Å². The maximum absolute atomic E-state index is 12.3. The van der Waals surface area contributed by atoms with Crippen LogP contribution < -0.4 is 10.6 Å². The normalized spacial score (nSPS) is 22.9. The van der Waals surface area contributed by atoms with Crippen molar-refractivity contribution in [1.29, 1.82) is 0 Å². The van der Waals surface area contributed by atoms with E-state index < -0.39 is 5.91 Å². The van der Waals surface area contributed by atoms with E-state index in [1.165, 1.54) is 19.3 Å². The van der Waals surface area contributed by atoms with E-state index in [9.17, 15) is 14.4 Å². The minimum atomic E-state index is -0.439. The molecule has 6 heteroatoms. The Kier molecular flexibility index (Phi) is 6.70. The van der Waals surface area contributed by atoms with Gasteiger partial charge < -0.3 is 15.4 Å². The van der Waals surface area contributed by atoms with Crippen LogP contribution in [0, 0.1) is 23.7 Å². The first-order chi connectivity index (χ1) is 13.4. The summed E-state index contributed by atoms with van der Waals surface area (Å²) in [7, 11) is 0. The summed E-state index contributed by atoms with van der Waals surface area (Å²) >= 11 is 0. The second-order valence-electron chi connectivity index (χ2n) is 8.50. The zero-order valence-electron chi connectivity index (χ0n) is 16.7. The van der Waals surface area contributed by atoms with Crippen molar-refractivity contribution in [2.45, 2.75) is 46.0 Å². The smallest absolute Gasteiger partial charge is 0.306 e. The van der Waals surface area contributed by atoms with E-state index in [0.717, 1.165) is 12.3 Å². The average molecular weight is 386 g/mol. The monoisotopic (exact) mass is 386 g/mol. The van der Waals surface area contributed by atoms with Crippen molar-refractivity contribution >= 4 is 23.5 Å². The van der Waals surface area contributed by atoms with Gasteiger partial charge >= 0.3 is 5.97 Å². The number of carbonyl (C=O) groups excluding carboxylic acids is 3. The summed E-state index contributed by atoms with van der Waals surface area (Å²) in [5, 5.41) is 5.52. The number of para-hydroxylation sites is 1. The van der Waals surface area contributed by atoms with Crippen LogP contribution in [-0.4, -0.2) is 30.9 Å². The van der Waals surface area contributed by atoms with Crippen LogP contribution in [0.5, 0.6) is 0 Å². The molecule has 0 unspecified atom stereocenters. The Morgan fingerprint density at radius 1 is 1.14 bits per heavy atom. The number of amides is 2. The predicted molar refractivity (Wildman–Crippen MR) is 107 cm³/mol. The maximum atomic E-state index is 12.3. The van der Waals surface area contributed by atoms with Crippen molar-refractivity contribution in [1.82, 2.24) is 5.32 Å². The van der Waals surface area contributed by atoms with Crippen molar-refractivity contribution in [3.05, 3.63) is 29.8 Å². The first-order valence-corrected chi connectivity index (χ1v) is 10.2. The topological polar surface area (TPSA) is 84.5 Å². The van der Waals surface area contributed by atoms with Gasteiger partial charge in [0.05, 0.1) is 11.3 Å². The molecule has 0 heterocycles. The quantitative estimate of drug-likeness (QED) is 0.671. The lowest BCUT2D eigenvalue weighted by atomic mass is 9.86. The number of benzene rings is 1. The fourth-order valence-corrected chi connectivity index (χ4v) is 4.41. The van der Waals surface area contributed by atoms with Gasteiger partial charge in [-0.1, -0.05) is 32.4 Å². The van der Waals surface area contributed by atoms with Gasteiger partial charge in [-0.15, -0.1) is 0 Å². The Morgan fingerprint density at radius 3 is 2.61 bits per heavy atom. The highest BCUT2D eigenvalue weighted by molar-refractivity contribution is 6.04. The van der Waals surface area contributed by atoms with Crippen molar-refractivity contribution in [3.8, 4) is 0 Å². The first kappa shape index (κ1) is 20.4. The Morgan fingerprint density at radius 2 is 1.93 bits per heavy atom. The number of ether oxygens (including phenoxy) is 1. The SMILES string of the molecule is CC(C)CNC(=O)c1ccccc1NC(=O)COC(=O)C[C@@H]1C[C@@H]2CC[C@@H]1C2. The molecule has 2 amide bonds. The second-order valence-corrected chi connectivity index (χ2v) is 8.50. The van der Waals surface area contributed by atoms with Gasteiger partial charge in [0.15, 0.2) is 6.61 Å². The van der Waals surface area contributed by atoms with Gasteiger partial charge in [0, 0.05) is 13.0 Å². The molecule has 28 heavy (non-hydrogen) atoms. The number of esters is 1. The number of hydrogen-bond donors (Lipinski definition) is 2. The van der Waals surface area contributed by atoms with Crippen molar-refractivity contribution in [3.63, 3.8) is 0 Å². The van der Waals surface area contributed by atoms with Crippen LogP contribution in [0.25, 0.3) is 0 Å². The molecule has 152 valence electrons. The molecule has 0 aliphatic heterocycles. The third-order valence-electron chi connectivity index (χ3n) is 5.79. The van der Waals surface area contributed by atoms with E-state index in [-0.39, 0.29) is 18.5 Å². The molecule has 1 aromatic carbocycles. The lowest BCUT2D eigenvalue weighted by Gasteiger charge is -2.20. The molecule has 0 radical (unpaired) electrons. The first-order valence-electron chi connectivity index (χ1n) is 10.2. The molecule has 3 rings (SSSR count). The number of anilines is 1. The molecule has 6 nitrogen and oxygen atoms in total. The van der Waals surface area contributed by atoms with Gasteiger partial charge in [0.1, 0.15) is 0 Å². The Labute approximate surface area is 166 Å². The molecule has 2 bridgehead atoms. The van der Waals surface area contributed by atoms with Gasteiger partial charge in [-0.2, -0.15) is 0 Å². The summed E-state index contributed by atoms with van der Waals surface area (Å²) in [6.45, 7) is 4.25. The largest absolute Gasteiger partial charge is 0.456 e. The molecule has 1 aromatic rings. The molecule has 2 N–H and O–H groups in total. The Balaban J connectivity index is 1.46. The number of fused-ring (bicyclic) bond motifs is 2. The molecular weight excluding hydrogens is 356 g/mol. The van der Waals surface area contributed by atoms with Crippen LogP contribution in [0.15, 0.2) is 24.3 Å². The second kappa shape index (κ2) is 9.22. The fraction of sp³-hybridized carbons (Fsp3) is 0.591. The number of rotatable bonds is 8. The summed E-state index contributed by atoms with van der Waals surface area (Å²) in [5.41, 5.74) is 0.808. The van der Waals surface area contributed by atoms with Gasteiger partial charge in [-0.05, 0) is 55.1 Å². The summed E-state index contributed by atoms with van der Waals surface area (Å²) in [6, 6.07) is 6.82. The van der Waals surface area contributed by atoms with E-state index >= 15 is 0 Å². The minimum Gasteiger partial charge on any atom is -0.456 e. The number of carbonyl (C=O) groups is 3. The zero-order valence-corrected chi connectivity index (χ0v) is 16.7. The van der Waals surface area contributed by atoms with Crippen LogP contribution in [0.1, 0.15) is 56.3 Å². The number of hydrogen-bond acceptors (Lipinski definition) is 4. The van der Waals surface area contributed by atoms with E-state index in [4.69, 9.17) is 4.74 Å². The standard InChI is InChI=1S/C22H30N2O4/c1-14(2)12-23-22(27)18-5-3-4-6-19(18)24-20(25)13-28-21(26)11-17-10-15-7-8-16(17)9-15/h3-6,14-17H,7-13H2,1-2H3,(H,23,27)(H,24,25)/t15-,16-,17+/m1/s1. The fourth-order valence-electron chi connectivity index (χ4n) is 4.41. The highest BCUT2D eigenvalue weighted by atomic mass is 16.5. The van der Waals surface area contributed by atoms with Crippen molar-refractivity contribution in [2.24, 2.45) is 23.7 Å². The van der Waals surface area contributed by atoms with Crippen molar-refractivity contribution < 1.29 is 19.1 Å². The zero-order chi connectivity index (χ0) is 20.1. The molecule has 3 atom stereocenters. The summed E-state index contributed by atoms with van der Waals surface area (Å²) < 4.78 is 5.17. The molecule has 2 aliphatic carbocycles. The van der Waals surface area contributed by atoms with Gasteiger partial charge in [0.25, 0.3) is 11.8 Å². The maximum Gasteiger partial charge on any atom is 0.306 e. The minimum absolute atomic E-state index is 0.238. The molecule has 0 spiro atoms. The summed E-state index contributed by atoms with van der Waals surface area (Å²) in [5.74, 6) is 1.20. The van der Waals surface area contributed by atoms with Gasteiger partial charge in [-0.3, -0.25) is 14.4 Å². The van der Waals surface area contributed by atoms with E-state index in [1.54, 1.807) is 24.3 Å². The average Bonchev–Trinajstić information content (AvgIpc) is 3.28. The Bertz CT molecular complexity index is 731. The lowest BCUT2D eigenvalue weighted by Crippen LogP contribution is -2.29. The van der Waals surface area contributed by atoms with Crippen LogP contribution in [0.4, 0.5) is 5.69 Å². The molecule has 0 saturated heterocycles. The van der Waals surface area contributed by atoms with Gasteiger partial charge in [-0.25, -0.2) is 0 Å². The third-order valence-corrected chi connectivity index (χ3v) is 5.79. The third kappa shape index (κ3) is 5.33. The highest BCUT2D eigenvalue weighted by Crippen LogP contribution is 2.49. The van der Waals surface area contributed by atoms with E-state index in [1.807, 2.05) is 13.8 Å². The van der Waals surface area contributed by atoms with Crippen LogP contribution in [-0.2, 0) is 14.3 Å².